The van der Waals surface area contributed by atoms with Crippen LogP contribution >= 0.6 is 11.6 Å². The minimum absolute atomic E-state index is 0.0257. The molecule has 0 spiro atoms. The number of sulfonamides is 1. The molecule has 7 nitrogen and oxygen atoms in total. The lowest BCUT2D eigenvalue weighted by molar-refractivity contribution is 0.208. The molecule has 1 atom stereocenters. The van der Waals surface area contributed by atoms with Crippen LogP contribution in [0.2, 0.25) is 5.15 Å². The Kier molecular flexibility index (Phi) is 5.43. The third-order valence-electron chi connectivity index (χ3n) is 3.57. The van der Waals surface area contributed by atoms with E-state index in [1.165, 1.54) is 23.2 Å². The van der Waals surface area contributed by atoms with Crippen molar-refractivity contribution in [3.8, 4) is 0 Å². The van der Waals surface area contributed by atoms with Gasteiger partial charge in [0.2, 0.25) is 10.0 Å². The normalized spacial score (nSPS) is 12.5. The second-order valence-electron chi connectivity index (χ2n) is 5.20. The van der Waals surface area contributed by atoms with Crippen molar-refractivity contribution in [1.29, 1.82) is 0 Å². The van der Waals surface area contributed by atoms with Gasteiger partial charge in [-0.3, -0.25) is 0 Å². The average molecular weight is 369 g/mol. The maximum absolute atomic E-state index is 12.3. The number of carbonyl (C=O) groups excluding carboxylic acids is 1. The summed E-state index contributed by atoms with van der Waals surface area (Å²) in [5, 5.41) is 8.11. The molecule has 2 rings (SSSR count). The Labute approximate surface area is 145 Å². The molecule has 0 aliphatic heterocycles. The van der Waals surface area contributed by atoms with E-state index in [1.807, 2.05) is 6.92 Å². The fraction of sp³-hybridized carbons (Fsp3) is 0.200. The molecule has 1 heterocycles. The van der Waals surface area contributed by atoms with Gasteiger partial charge in [0.15, 0.2) is 0 Å². The Hall–Kier alpha value is -2.16. The number of aromatic nitrogens is 1. The summed E-state index contributed by atoms with van der Waals surface area (Å²) in [5.74, 6) is 0. The maximum atomic E-state index is 12.3. The second-order valence-corrected chi connectivity index (χ2v) is 7.15. The molecule has 0 aliphatic carbocycles. The smallest absolute Gasteiger partial charge is 0.321 e. The molecule has 0 fully saturated rings. The summed E-state index contributed by atoms with van der Waals surface area (Å²) in [6.07, 6.45) is 1.46. The molecule has 0 saturated heterocycles. The van der Waals surface area contributed by atoms with Crippen LogP contribution in [0.4, 0.5) is 10.5 Å². The number of benzene rings is 1. The molecular weight excluding hydrogens is 352 g/mol. The molecule has 1 aromatic heterocycles. The predicted octanol–water partition coefficient (Wildman–Crippen LogP) is 2.61. The predicted molar refractivity (Wildman–Crippen MR) is 92.3 cm³/mol. The standard InChI is InChI=1S/C15H17ClN4O3S/c1-10(11-3-6-13(7-4-11)24(17,22)23)20(2)15(21)19-12-5-8-14(16)18-9-12/h3-10H,1-2H3,(H,19,21)(H2,17,22,23). The molecule has 1 unspecified atom stereocenters. The lowest BCUT2D eigenvalue weighted by atomic mass is 10.1. The minimum atomic E-state index is -3.74. The van der Waals surface area contributed by atoms with Crippen LogP contribution < -0.4 is 10.5 Å². The Morgan fingerprint density at radius 2 is 1.88 bits per heavy atom. The van der Waals surface area contributed by atoms with Gasteiger partial charge in [-0.1, -0.05) is 23.7 Å². The van der Waals surface area contributed by atoms with Crippen molar-refractivity contribution in [1.82, 2.24) is 9.88 Å². The summed E-state index contributed by atoms with van der Waals surface area (Å²) in [4.78, 5) is 17.7. The first kappa shape index (κ1) is 18.2. The van der Waals surface area contributed by atoms with Gasteiger partial charge in [0.25, 0.3) is 0 Å². The molecular formula is C15H17ClN4O3S. The highest BCUT2D eigenvalue weighted by atomic mass is 35.5. The summed E-state index contributed by atoms with van der Waals surface area (Å²) < 4.78 is 22.5. The van der Waals surface area contributed by atoms with Gasteiger partial charge in [-0.25, -0.2) is 23.3 Å². The Balaban J connectivity index is 2.09. The highest BCUT2D eigenvalue weighted by Gasteiger charge is 2.18. The highest BCUT2D eigenvalue weighted by molar-refractivity contribution is 7.89. The minimum Gasteiger partial charge on any atom is -0.321 e. The van der Waals surface area contributed by atoms with Gasteiger partial charge in [-0.15, -0.1) is 0 Å². The van der Waals surface area contributed by atoms with E-state index in [9.17, 15) is 13.2 Å². The van der Waals surface area contributed by atoms with Crippen molar-refractivity contribution in [3.05, 3.63) is 53.3 Å². The van der Waals surface area contributed by atoms with Crippen molar-refractivity contribution in [2.75, 3.05) is 12.4 Å². The SMILES string of the molecule is CC(c1ccc(S(N)(=O)=O)cc1)N(C)C(=O)Nc1ccc(Cl)nc1. The lowest BCUT2D eigenvalue weighted by Gasteiger charge is -2.25. The van der Waals surface area contributed by atoms with Crippen LogP contribution in [-0.2, 0) is 10.0 Å². The number of nitrogens with zero attached hydrogens (tertiary/aromatic N) is 2. The first-order chi connectivity index (χ1) is 11.2. The van der Waals surface area contributed by atoms with Gasteiger partial charge in [0.05, 0.1) is 22.8 Å². The zero-order valence-electron chi connectivity index (χ0n) is 13.1. The van der Waals surface area contributed by atoms with E-state index < -0.39 is 10.0 Å². The van der Waals surface area contributed by atoms with Crippen LogP contribution in [0.15, 0.2) is 47.5 Å². The number of anilines is 1. The van der Waals surface area contributed by atoms with E-state index in [4.69, 9.17) is 16.7 Å². The third kappa shape index (κ3) is 4.44. The summed E-state index contributed by atoms with van der Waals surface area (Å²) >= 11 is 5.70. The molecule has 2 aromatic rings. The topological polar surface area (TPSA) is 105 Å². The molecule has 0 bridgehead atoms. The molecule has 0 radical (unpaired) electrons. The van der Waals surface area contributed by atoms with Gasteiger partial charge < -0.3 is 10.2 Å². The number of urea groups is 1. The quantitative estimate of drug-likeness (QED) is 0.809. The Morgan fingerprint density at radius 3 is 2.38 bits per heavy atom. The molecule has 3 N–H and O–H groups in total. The highest BCUT2D eigenvalue weighted by Crippen LogP contribution is 2.21. The van der Waals surface area contributed by atoms with Crippen molar-refractivity contribution in [3.63, 3.8) is 0 Å². The van der Waals surface area contributed by atoms with Crippen molar-refractivity contribution in [2.24, 2.45) is 5.14 Å². The van der Waals surface area contributed by atoms with Crippen LogP contribution in [-0.4, -0.2) is 31.4 Å². The number of rotatable bonds is 4. The number of nitrogens with two attached hydrogens (primary N) is 1. The van der Waals surface area contributed by atoms with Crippen LogP contribution in [0.3, 0.4) is 0 Å². The molecule has 9 heteroatoms. The summed E-state index contributed by atoms with van der Waals surface area (Å²) in [7, 11) is -2.10. The van der Waals surface area contributed by atoms with Crippen molar-refractivity contribution < 1.29 is 13.2 Å². The maximum Gasteiger partial charge on any atom is 0.322 e. The van der Waals surface area contributed by atoms with Gasteiger partial charge >= 0.3 is 6.03 Å². The summed E-state index contributed by atoms with van der Waals surface area (Å²) in [6, 6.07) is 8.68. The molecule has 1 aromatic carbocycles. The fourth-order valence-electron chi connectivity index (χ4n) is 2.00. The number of nitrogens with one attached hydrogen (secondary N) is 1. The fourth-order valence-corrected chi connectivity index (χ4v) is 2.62. The number of carbonyl (C=O) groups is 1. The summed E-state index contributed by atoms with van der Waals surface area (Å²) in [5.41, 5.74) is 1.29. The first-order valence-corrected chi connectivity index (χ1v) is 8.89. The van der Waals surface area contributed by atoms with Crippen molar-refractivity contribution in [2.45, 2.75) is 17.9 Å². The Morgan fingerprint density at radius 1 is 1.25 bits per heavy atom. The van der Waals surface area contributed by atoms with E-state index in [0.29, 0.717) is 10.8 Å². The van der Waals surface area contributed by atoms with Gasteiger partial charge in [0.1, 0.15) is 5.15 Å². The number of amides is 2. The van der Waals surface area contributed by atoms with E-state index in [2.05, 4.69) is 10.3 Å². The van der Waals surface area contributed by atoms with E-state index in [-0.39, 0.29) is 17.0 Å². The van der Waals surface area contributed by atoms with Crippen LogP contribution in [0.25, 0.3) is 0 Å². The number of hydrogen-bond acceptors (Lipinski definition) is 4. The number of hydrogen-bond donors (Lipinski definition) is 2. The van der Waals surface area contributed by atoms with E-state index in [0.717, 1.165) is 5.56 Å². The monoisotopic (exact) mass is 368 g/mol. The molecule has 24 heavy (non-hydrogen) atoms. The molecule has 0 saturated carbocycles. The van der Waals surface area contributed by atoms with Gasteiger partial charge in [-0.05, 0) is 36.8 Å². The molecule has 0 aliphatic rings. The molecule has 128 valence electrons. The average Bonchev–Trinajstić information content (AvgIpc) is 2.55. The van der Waals surface area contributed by atoms with E-state index >= 15 is 0 Å². The Bertz CT molecular complexity index is 823. The van der Waals surface area contributed by atoms with Crippen molar-refractivity contribution >= 4 is 33.3 Å². The van der Waals surface area contributed by atoms with E-state index in [1.54, 1.807) is 31.3 Å². The number of pyridine rings is 1. The first-order valence-electron chi connectivity index (χ1n) is 6.96. The zero-order valence-corrected chi connectivity index (χ0v) is 14.7. The lowest BCUT2D eigenvalue weighted by Crippen LogP contribution is -2.33. The van der Waals surface area contributed by atoms with Gasteiger partial charge in [-0.2, -0.15) is 0 Å². The molecule has 2 amide bonds. The largest absolute Gasteiger partial charge is 0.322 e. The summed E-state index contributed by atoms with van der Waals surface area (Å²) in [6.45, 7) is 1.83. The van der Waals surface area contributed by atoms with Crippen LogP contribution in [0.1, 0.15) is 18.5 Å². The number of primary sulfonamides is 1. The van der Waals surface area contributed by atoms with Gasteiger partial charge in [0, 0.05) is 7.05 Å². The second kappa shape index (κ2) is 7.16. The number of halogens is 1. The third-order valence-corrected chi connectivity index (χ3v) is 4.72. The van der Waals surface area contributed by atoms with Crippen LogP contribution in [0, 0.1) is 0 Å². The van der Waals surface area contributed by atoms with Crippen LogP contribution in [0.5, 0.6) is 0 Å². The zero-order chi connectivity index (χ0) is 17.9.